The smallest absolute Gasteiger partial charge is 0.242 e. The Morgan fingerprint density at radius 1 is 0.673 bits per heavy atom. The number of carbonyl (C=O) groups is 2. The van der Waals surface area contributed by atoms with Gasteiger partial charge < -0.3 is 20.0 Å². The monoisotopic (exact) mass is 720 g/mol. The summed E-state index contributed by atoms with van der Waals surface area (Å²) >= 11 is 3.40. The Hall–Kier alpha value is -5.00. The molecule has 4 heterocycles. The van der Waals surface area contributed by atoms with Gasteiger partial charge in [0.2, 0.25) is 11.8 Å². The maximum absolute atomic E-state index is 12.5. The van der Waals surface area contributed by atoms with Crippen molar-refractivity contribution in [2.45, 2.75) is 13.1 Å². The van der Waals surface area contributed by atoms with Crippen LogP contribution in [0.1, 0.15) is 11.1 Å². The molecule has 8 rings (SSSR count). The summed E-state index contributed by atoms with van der Waals surface area (Å²) in [6, 6.07) is 32.6. The third-order valence-electron chi connectivity index (χ3n) is 8.74. The van der Waals surface area contributed by atoms with Gasteiger partial charge in [-0.2, -0.15) is 10.2 Å². The molecule has 49 heavy (non-hydrogen) atoms. The number of amides is 2. The summed E-state index contributed by atoms with van der Waals surface area (Å²) in [5.74, 6) is 0.372. The summed E-state index contributed by atoms with van der Waals surface area (Å²) < 4.78 is 4.82. The van der Waals surface area contributed by atoms with Gasteiger partial charge in [0.1, 0.15) is 0 Å². The van der Waals surface area contributed by atoms with Crippen LogP contribution in [0.3, 0.4) is 0 Å². The molecule has 0 saturated carbocycles. The first kappa shape index (κ1) is 33.9. The summed E-state index contributed by atoms with van der Waals surface area (Å²) in [4.78, 5) is 30.0. The number of anilines is 1. The number of aromatic nitrogens is 4. The van der Waals surface area contributed by atoms with E-state index in [-0.39, 0.29) is 11.8 Å². The van der Waals surface area contributed by atoms with Gasteiger partial charge in [-0.3, -0.25) is 19.0 Å². The van der Waals surface area contributed by atoms with E-state index in [0.717, 1.165) is 59.3 Å². The number of aryl methyl sites for hydroxylation is 2. The molecule has 252 valence electrons. The highest BCUT2D eigenvalue weighted by atomic mass is 79.9. The molecule has 0 bridgehead atoms. The Labute approximate surface area is 295 Å². The van der Waals surface area contributed by atoms with Crippen LogP contribution in [0, 0.1) is 0 Å². The van der Waals surface area contributed by atoms with E-state index in [1.54, 1.807) is 0 Å². The van der Waals surface area contributed by atoms with Crippen molar-refractivity contribution in [3.63, 3.8) is 0 Å². The number of rotatable bonds is 5. The molecule has 0 atom stereocenters. The third kappa shape index (κ3) is 8.73. The van der Waals surface area contributed by atoms with E-state index in [9.17, 15) is 9.59 Å². The molecule has 1 N–H and O–H groups in total. The van der Waals surface area contributed by atoms with Crippen molar-refractivity contribution < 1.29 is 9.59 Å². The zero-order valence-corrected chi connectivity index (χ0v) is 29.5. The van der Waals surface area contributed by atoms with Gasteiger partial charge in [-0.1, -0.05) is 76.6 Å². The topological polar surface area (TPSA) is 91.5 Å². The van der Waals surface area contributed by atoms with Crippen molar-refractivity contribution in [2.75, 3.05) is 44.2 Å². The summed E-state index contributed by atoms with van der Waals surface area (Å²) in [5.41, 5.74) is 5.73. The molecule has 4 aromatic carbocycles. The molecule has 11 heteroatoms. The lowest BCUT2D eigenvalue weighted by molar-refractivity contribution is -0.132. The second kappa shape index (κ2) is 15.9. The van der Waals surface area contributed by atoms with Crippen molar-refractivity contribution in [1.82, 2.24) is 34.7 Å². The van der Waals surface area contributed by atoms with Crippen LogP contribution in [0.15, 0.2) is 114 Å². The lowest BCUT2D eigenvalue weighted by Gasteiger charge is -2.35. The SMILES string of the molecule is Cn1ncc2cc(Br)ccc21.Cn1ncc2cc(N3CCN(Cc4ccccc4)C(=O)C3)ccc21.O=C1CNCCN1Cc1ccccc1. The minimum atomic E-state index is 0.177. The average molecular weight is 722 g/mol. The van der Waals surface area contributed by atoms with Gasteiger partial charge >= 0.3 is 0 Å². The van der Waals surface area contributed by atoms with Gasteiger partial charge in [0, 0.05) is 74.3 Å². The van der Waals surface area contributed by atoms with Gasteiger partial charge in [-0.25, -0.2) is 0 Å². The molecule has 2 aromatic heterocycles. The van der Waals surface area contributed by atoms with Gasteiger partial charge in [-0.15, -0.1) is 0 Å². The summed E-state index contributed by atoms with van der Waals surface area (Å²) in [5, 5.41) is 13.7. The van der Waals surface area contributed by atoms with E-state index in [0.29, 0.717) is 19.6 Å². The van der Waals surface area contributed by atoms with E-state index in [4.69, 9.17) is 0 Å². The molecule has 0 unspecified atom stereocenters. The number of fused-ring (bicyclic) bond motifs is 2. The number of halogens is 1. The first-order valence-corrected chi connectivity index (χ1v) is 17.2. The largest absolute Gasteiger partial charge is 0.360 e. The number of benzene rings is 4. The Kier molecular flexibility index (Phi) is 11.0. The van der Waals surface area contributed by atoms with E-state index in [1.165, 1.54) is 16.5 Å². The van der Waals surface area contributed by atoms with Crippen molar-refractivity contribution in [3.8, 4) is 0 Å². The van der Waals surface area contributed by atoms with E-state index >= 15 is 0 Å². The molecule has 6 aromatic rings. The van der Waals surface area contributed by atoms with E-state index in [2.05, 4.69) is 84.9 Å². The van der Waals surface area contributed by atoms with E-state index < -0.39 is 0 Å². The molecule has 0 radical (unpaired) electrons. The summed E-state index contributed by atoms with van der Waals surface area (Å²) in [6.45, 7) is 5.65. The highest BCUT2D eigenvalue weighted by Crippen LogP contribution is 2.24. The van der Waals surface area contributed by atoms with Crippen molar-refractivity contribution in [3.05, 3.63) is 125 Å². The summed E-state index contributed by atoms with van der Waals surface area (Å²) in [7, 11) is 3.88. The third-order valence-corrected chi connectivity index (χ3v) is 9.24. The maximum Gasteiger partial charge on any atom is 0.242 e. The van der Waals surface area contributed by atoms with Crippen LogP contribution in [0.4, 0.5) is 5.69 Å². The average Bonchev–Trinajstić information content (AvgIpc) is 3.69. The zero-order chi connectivity index (χ0) is 34.2. The molecular weight excluding hydrogens is 680 g/mol. The Morgan fingerprint density at radius 3 is 1.84 bits per heavy atom. The fourth-order valence-electron chi connectivity index (χ4n) is 6.00. The fraction of sp³-hybridized carbons (Fsp3) is 0.263. The highest BCUT2D eigenvalue weighted by molar-refractivity contribution is 9.10. The normalized spacial score (nSPS) is 14.8. The summed E-state index contributed by atoms with van der Waals surface area (Å²) in [6.07, 6.45) is 3.73. The Morgan fingerprint density at radius 2 is 1.24 bits per heavy atom. The second-order valence-electron chi connectivity index (χ2n) is 12.2. The molecular formula is C38H41BrN8O2. The predicted octanol–water partition coefficient (Wildman–Crippen LogP) is 5.38. The first-order valence-electron chi connectivity index (χ1n) is 16.4. The van der Waals surface area contributed by atoms with Crippen LogP contribution in [0.25, 0.3) is 21.8 Å². The Balaban J connectivity index is 0.000000141. The van der Waals surface area contributed by atoms with Crippen LogP contribution >= 0.6 is 15.9 Å². The molecule has 2 amide bonds. The molecule has 2 aliphatic heterocycles. The van der Waals surface area contributed by atoms with Crippen molar-refractivity contribution in [2.24, 2.45) is 14.1 Å². The highest BCUT2D eigenvalue weighted by Gasteiger charge is 2.24. The molecule has 2 saturated heterocycles. The molecule has 10 nitrogen and oxygen atoms in total. The lowest BCUT2D eigenvalue weighted by Crippen LogP contribution is -2.50. The molecule has 0 aliphatic carbocycles. The molecule has 2 aliphatic rings. The number of nitrogens with zero attached hydrogens (tertiary/aromatic N) is 7. The first-order chi connectivity index (χ1) is 23.8. The number of piperazine rings is 2. The van der Waals surface area contributed by atoms with Crippen molar-refractivity contribution >= 4 is 55.2 Å². The predicted molar refractivity (Wildman–Crippen MR) is 198 cm³/mol. The van der Waals surface area contributed by atoms with Crippen LogP contribution in [0.2, 0.25) is 0 Å². The molecule has 2 fully saturated rings. The lowest BCUT2D eigenvalue weighted by atomic mass is 10.1. The fourth-order valence-corrected chi connectivity index (χ4v) is 6.38. The van der Waals surface area contributed by atoms with Crippen LogP contribution in [0.5, 0.6) is 0 Å². The van der Waals surface area contributed by atoms with Crippen LogP contribution in [-0.4, -0.2) is 80.4 Å². The standard InChI is InChI=1S/C19H20N4O.C11H14N2O.C8H7BrN2/c1-21-18-8-7-17(11-16(18)12-20-21)22-9-10-23(19(24)14-22)13-15-5-3-2-4-6-15;14-11-8-12-6-7-13(11)9-10-4-2-1-3-5-10;1-11-8-3-2-7(9)4-6(8)5-10-11/h2-8,11-12H,9-10,13-14H2,1H3;1-5,12H,6-9H2;2-5H,1H3. The Bertz CT molecular complexity index is 2010. The van der Waals surface area contributed by atoms with Gasteiger partial charge in [0.15, 0.2) is 0 Å². The number of hydrogen-bond donors (Lipinski definition) is 1. The maximum atomic E-state index is 12.5. The van der Waals surface area contributed by atoms with Gasteiger partial charge in [0.05, 0.1) is 36.5 Å². The minimum absolute atomic E-state index is 0.177. The number of hydrogen-bond acceptors (Lipinski definition) is 6. The quantitative estimate of drug-likeness (QED) is 0.258. The van der Waals surface area contributed by atoms with Gasteiger partial charge in [0.25, 0.3) is 0 Å². The molecule has 0 spiro atoms. The van der Waals surface area contributed by atoms with Gasteiger partial charge in [-0.05, 0) is 47.5 Å². The second-order valence-corrected chi connectivity index (χ2v) is 13.1. The van der Waals surface area contributed by atoms with Crippen molar-refractivity contribution in [1.29, 1.82) is 0 Å². The van der Waals surface area contributed by atoms with Crippen LogP contribution < -0.4 is 10.2 Å². The number of carbonyl (C=O) groups excluding carboxylic acids is 2. The zero-order valence-electron chi connectivity index (χ0n) is 27.9. The number of nitrogens with one attached hydrogen (secondary N) is 1. The van der Waals surface area contributed by atoms with E-state index in [1.807, 2.05) is 94.2 Å². The van der Waals surface area contributed by atoms with Crippen LogP contribution in [-0.2, 0) is 36.8 Å². The minimum Gasteiger partial charge on any atom is -0.360 e.